The van der Waals surface area contributed by atoms with Crippen LogP contribution in [-0.4, -0.2) is 53.3 Å². The van der Waals surface area contributed by atoms with Crippen molar-refractivity contribution in [2.24, 2.45) is 0 Å². The minimum absolute atomic E-state index is 0.274. The van der Waals surface area contributed by atoms with Crippen molar-refractivity contribution < 1.29 is 9.47 Å². The molecule has 3 aromatic rings. The fraction of sp³-hybridized carbons (Fsp3) is 0.300. The summed E-state index contributed by atoms with van der Waals surface area (Å²) < 4.78 is 10.7. The molecule has 0 radical (unpaired) electrons. The third-order valence-electron chi connectivity index (χ3n) is 4.64. The van der Waals surface area contributed by atoms with E-state index in [0.29, 0.717) is 47.8 Å². The van der Waals surface area contributed by atoms with Crippen LogP contribution < -0.4 is 20.5 Å². The molecule has 0 aliphatic carbocycles. The number of hydrogen-bond donors (Lipinski definition) is 2. The van der Waals surface area contributed by atoms with Gasteiger partial charge in [-0.15, -0.1) is 0 Å². The van der Waals surface area contributed by atoms with Crippen molar-refractivity contribution in [2.45, 2.75) is 6.92 Å². The fourth-order valence-electron chi connectivity index (χ4n) is 3.15. The summed E-state index contributed by atoms with van der Waals surface area (Å²) in [6.07, 6.45) is 1.71. The topological polar surface area (TPSA) is 105 Å². The molecule has 0 spiro atoms. The smallest absolute Gasteiger partial charge is 0.252 e. The van der Waals surface area contributed by atoms with Crippen LogP contribution in [0.2, 0.25) is 0 Å². The highest BCUT2D eigenvalue weighted by Gasteiger charge is 2.16. The summed E-state index contributed by atoms with van der Waals surface area (Å²) in [6.45, 7) is 4.73. The summed E-state index contributed by atoms with van der Waals surface area (Å²) in [5.41, 5.74) is 2.38. The molecule has 0 unspecified atom stereocenters. The number of methoxy groups -OCH3 is 1. The quantitative estimate of drug-likeness (QED) is 0.678. The fourth-order valence-corrected chi connectivity index (χ4v) is 3.15. The number of benzene rings is 1. The Balaban J connectivity index is 1.64. The van der Waals surface area contributed by atoms with Gasteiger partial charge in [-0.25, -0.2) is 15.0 Å². The molecular formula is C20H22N6O3. The average molecular weight is 394 g/mol. The van der Waals surface area contributed by atoms with Crippen molar-refractivity contribution in [2.75, 3.05) is 43.6 Å². The number of para-hydroxylation sites is 2. The van der Waals surface area contributed by atoms with E-state index in [1.807, 2.05) is 31.2 Å². The Hall–Kier alpha value is -3.46. The van der Waals surface area contributed by atoms with Gasteiger partial charge in [0.15, 0.2) is 0 Å². The van der Waals surface area contributed by atoms with E-state index in [0.717, 1.165) is 18.8 Å². The van der Waals surface area contributed by atoms with Gasteiger partial charge in [-0.3, -0.25) is 9.78 Å². The third-order valence-corrected chi connectivity index (χ3v) is 4.64. The van der Waals surface area contributed by atoms with E-state index >= 15 is 0 Å². The molecule has 1 aliphatic rings. The van der Waals surface area contributed by atoms with Gasteiger partial charge in [-0.2, -0.15) is 0 Å². The molecule has 9 nitrogen and oxygen atoms in total. The molecule has 1 aliphatic heterocycles. The van der Waals surface area contributed by atoms with Crippen LogP contribution in [0.4, 0.5) is 17.6 Å². The first-order valence-electron chi connectivity index (χ1n) is 9.32. The molecule has 2 N–H and O–H groups in total. The number of anilines is 3. The molecule has 1 aromatic carbocycles. The summed E-state index contributed by atoms with van der Waals surface area (Å²) >= 11 is 0. The molecule has 9 heteroatoms. The molecule has 0 atom stereocenters. The zero-order valence-corrected chi connectivity index (χ0v) is 16.3. The highest BCUT2D eigenvalue weighted by Crippen LogP contribution is 2.26. The van der Waals surface area contributed by atoms with Gasteiger partial charge in [0.05, 0.1) is 37.4 Å². The van der Waals surface area contributed by atoms with Gasteiger partial charge >= 0.3 is 0 Å². The van der Waals surface area contributed by atoms with Gasteiger partial charge in [0.25, 0.3) is 5.56 Å². The molecule has 29 heavy (non-hydrogen) atoms. The Kier molecular flexibility index (Phi) is 5.39. The molecule has 0 amide bonds. The highest BCUT2D eigenvalue weighted by atomic mass is 16.5. The minimum atomic E-state index is -0.274. The van der Waals surface area contributed by atoms with E-state index in [4.69, 9.17) is 9.47 Å². The molecule has 150 valence electrons. The molecule has 2 aromatic heterocycles. The monoisotopic (exact) mass is 394 g/mol. The number of rotatable bonds is 5. The van der Waals surface area contributed by atoms with Gasteiger partial charge in [-0.05, 0) is 19.1 Å². The van der Waals surface area contributed by atoms with Gasteiger partial charge in [0.1, 0.15) is 5.75 Å². The molecular weight excluding hydrogens is 372 g/mol. The second-order valence-electron chi connectivity index (χ2n) is 6.57. The standard InChI is InChI=1S/C20H22N6O3/c1-13-14(12-21-20(22-13)26-7-9-29-10-8-26)16-11-18(27)25-19(24-16)23-15-5-3-4-6-17(15)28-2/h3-6,11-12H,7-10H2,1-2H3,(H2,23,24,25,27). The lowest BCUT2D eigenvalue weighted by atomic mass is 10.2. The maximum absolute atomic E-state index is 12.2. The number of H-pyrrole nitrogens is 1. The van der Waals surface area contributed by atoms with E-state index in [1.165, 1.54) is 6.07 Å². The van der Waals surface area contributed by atoms with Crippen LogP contribution in [-0.2, 0) is 4.74 Å². The SMILES string of the molecule is COc1ccccc1Nc1nc(-c2cnc(N3CCOCC3)nc2C)cc(=O)[nH]1. The molecule has 1 saturated heterocycles. The summed E-state index contributed by atoms with van der Waals surface area (Å²) in [4.78, 5) is 30.6. The molecule has 4 rings (SSSR count). The first kappa shape index (κ1) is 18.9. The van der Waals surface area contributed by atoms with E-state index in [2.05, 4.69) is 30.2 Å². The van der Waals surface area contributed by atoms with E-state index in [1.54, 1.807) is 13.3 Å². The van der Waals surface area contributed by atoms with Crippen molar-refractivity contribution in [1.29, 1.82) is 0 Å². The van der Waals surface area contributed by atoms with Crippen LogP contribution in [0.15, 0.2) is 41.3 Å². The Morgan fingerprint density at radius 2 is 2.00 bits per heavy atom. The number of aromatic amines is 1. The maximum atomic E-state index is 12.2. The highest BCUT2D eigenvalue weighted by molar-refractivity contribution is 5.66. The number of nitrogens with one attached hydrogen (secondary N) is 2. The third kappa shape index (κ3) is 4.19. The average Bonchev–Trinajstić information content (AvgIpc) is 2.74. The van der Waals surface area contributed by atoms with Crippen molar-refractivity contribution in [1.82, 2.24) is 19.9 Å². The first-order valence-corrected chi connectivity index (χ1v) is 9.32. The van der Waals surface area contributed by atoms with Crippen LogP contribution in [0.25, 0.3) is 11.3 Å². The Morgan fingerprint density at radius 1 is 1.21 bits per heavy atom. The largest absolute Gasteiger partial charge is 0.495 e. The summed E-state index contributed by atoms with van der Waals surface area (Å²) in [5.74, 6) is 1.62. The Morgan fingerprint density at radius 3 is 2.76 bits per heavy atom. The molecule has 0 saturated carbocycles. The molecule has 0 bridgehead atoms. The number of morpholine rings is 1. The molecule has 1 fully saturated rings. The number of ether oxygens (including phenoxy) is 2. The molecule has 3 heterocycles. The van der Waals surface area contributed by atoms with Crippen molar-refractivity contribution in [3.8, 4) is 17.0 Å². The van der Waals surface area contributed by atoms with Gasteiger partial charge in [-0.1, -0.05) is 12.1 Å². The van der Waals surface area contributed by atoms with Gasteiger partial charge in [0, 0.05) is 30.9 Å². The zero-order valence-electron chi connectivity index (χ0n) is 16.3. The van der Waals surface area contributed by atoms with Crippen LogP contribution >= 0.6 is 0 Å². The number of hydrogen-bond acceptors (Lipinski definition) is 8. The van der Waals surface area contributed by atoms with E-state index in [-0.39, 0.29) is 5.56 Å². The lowest BCUT2D eigenvalue weighted by molar-refractivity contribution is 0.122. The van der Waals surface area contributed by atoms with Crippen LogP contribution in [0.1, 0.15) is 5.69 Å². The summed E-state index contributed by atoms with van der Waals surface area (Å²) in [5, 5.41) is 3.10. The summed E-state index contributed by atoms with van der Waals surface area (Å²) in [6, 6.07) is 8.85. The van der Waals surface area contributed by atoms with Crippen LogP contribution in [0, 0.1) is 6.92 Å². The lowest BCUT2D eigenvalue weighted by Gasteiger charge is -2.27. The van der Waals surface area contributed by atoms with Crippen molar-refractivity contribution >= 4 is 17.6 Å². The predicted molar refractivity (Wildman–Crippen MR) is 110 cm³/mol. The second-order valence-corrected chi connectivity index (χ2v) is 6.57. The predicted octanol–water partition coefficient (Wildman–Crippen LogP) is 2.12. The second kappa shape index (κ2) is 8.27. The van der Waals surface area contributed by atoms with E-state index in [9.17, 15) is 4.79 Å². The number of aryl methyl sites for hydroxylation is 1. The van der Waals surface area contributed by atoms with E-state index < -0.39 is 0 Å². The minimum Gasteiger partial charge on any atom is -0.495 e. The maximum Gasteiger partial charge on any atom is 0.252 e. The van der Waals surface area contributed by atoms with Crippen LogP contribution in [0.5, 0.6) is 5.75 Å². The van der Waals surface area contributed by atoms with Gasteiger partial charge in [0.2, 0.25) is 11.9 Å². The lowest BCUT2D eigenvalue weighted by Crippen LogP contribution is -2.37. The normalized spacial score (nSPS) is 13.9. The summed E-state index contributed by atoms with van der Waals surface area (Å²) in [7, 11) is 1.59. The van der Waals surface area contributed by atoms with Crippen molar-refractivity contribution in [3.05, 3.63) is 52.6 Å². The van der Waals surface area contributed by atoms with Gasteiger partial charge < -0.3 is 19.7 Å². The number of aromatic nitrogens is 4. The zero-order chi connectivity index (χ0) is 20.2. The van der Waals surface area contributed by atoms with Crippen LogP contribution in [0.3, 0.4) is 0 Å². The Bertz CT molecular complexity index is 1060. The van der Waals surface area contributed by atoms with Crippen molar-refractivity contribution in [3.63, 3.8) is 0 Å². The number of nitrogens with zero attached hydrogens (tertiary/aromatic N) is 4. The first-order chi connectivity index (χ1) is 14.1. The Labute approximate surface area is 167 Å².